The van der Waals surface area contributed by atoms with E-state index < -0.39 is 16.0 Å². The van der Waals surface area contributed by atoms with Crippen molar-refractivity contribution in [3.8, 4) is 0 Å². The molecule has 0 bridgehead atoms. The number of hydrogen-bond acceptors (Lipinski definition) is 4. The second kappa shape index (κ2) is 6.25. The number of benzene rings is 1. The van der Waals surface area contributed by atoms with E-state index in [1.807, 2.05) is 0 Å². The van der Waals surface area contributed by atoms with Gasteiger partial charge in [0.2, 0.25) is 10.0 Å². The van der Waals surface area contributed by atoms with Gasteiger partial charge in [-0.05, 0) is 32.0 Å². The number of anilines is 1. The Bertz CT molecular complexity index is 571. The Labute approximate surface area is 118 Å². The Balaban J connectivity index is 3.39. The van der Waals surface area contributed by atoms with E-state index in [1.165, 1.54) is 18.2 Å². The summed E-state index contributed by atoms with van der Waals surface area (Å²) in [6.07, 6.45) is 1.08. The molecule has 0 amide bonds. The lowest BCUT2D eigenvalue weighted by Gasteiger charge is -2.22. The number of halogens is 1. The highest BCUT2D eigenvalue weighted by Gasteiger charge is 2.22. The van der Waals surface area contributed by atoms with Gasteiger partial charge in [0, 0.05) is 11.6 Å². The van der Waals surface area contributed by atoms with Gasteiger partial charge < -0.3 is 4.74 Å². The number of sulfonamides is 1. The highest BCUT2D eigenvalue weighted by atomic mass is 35.5. The third kappa shape index (κ3) is 3.84. The zero-order valence-electron chi connectivity index (χ0n) is 11.0. The molecule has 0 N–H and O–H groups in total. The average Bonchev–Trinajstić information content (AvgIpc) is 2.28. The topological polar surface area (TPSA) is 63.7 Å². The molecular weight excluding hydrogens is 290 g/mol. The summed E-state index contributed by atoms with van der Waals surface area (Å²) in [6.45, 7) is 3.77. The smallest absolute Gasteiger partial charge is 0.340 e. The zero-order valence-corrected chi connectivity index (χ0v) is 12.6. The van der Waals surface area contributed by atoms with Crippen LogP contribution in [0.2, 0.25) is 5.02 Å². The molecule has 0 aromatic heterocycles. The molecule has 19 heavy (non-hydrogen) atoms. The molecule has 0 saturated heterocycles. The van der Waals surface area contributed by atoms with Gasteiger partial charge in [-0.2, -0.15) is 0 Å². The minimum Gasteiger partial charge on any atom is -0.462 e. The van der Waals surface area contributed by atoms with Gasteiger partial charge in [-0.25, -0.2) is 13.2 Å². The second-order valence-corrected chi connectivity index (χ2v) is 6.15. The predicted molar refractivity (Wildman–Crippen MR) is 75.3 cm³/mol. The zero-order chi connectivity index (χ0) is 14.6. The van der Waals surface area contributed by atoms with E-state index in [0.29, 0.717) is 5.02 Å². The van der Waals surface area contributed by atoms with Crippen LogP contribution in [0.4, 0.5) is 5.69 Å². The quantitative estimate of drug-likeness (QED) is 0.783. The van der Waals surface area contributed by atoms with Gasteiger partial charge in [0.1, 0.15) is 0 Å². The number of carbonyl (C=O) groups excluding carboxylic acids is 1. The Morgan fingerprint density at radius 3 is 2.47 bits per heavy atom. The first kappa shape index (κ1) is 15.8. The maximum Gasteiger partial charge on any atom is 0.340 e. The number of esters is 1. The number of hydrogen-bond donors (Lipinski definition) is 0. The number of carbonyl (C=O) groups is 1. The fraction of sp³-hybridized carbons (Fsp3) is 0.417. The summed E-state index contributed by atoms with van der Waals surface area (Å²) in [5, 5.41) is 0.352. The van der Waals surface area contributed by atoms with Crippen molar-refractivity contribution in [2.45, 2.75) is 13.8 Å². The van der Waals surface area contributed by atoms with Crippen molar-refractivity contribution < 1.29 is 17.9 Å². The van der Waals surface area contributed by atoms with Gasteiger partial charge in [0.05, 0.1) is 24.1 Å². The van der Waals surface area contributed by atoms with E-state index in [1.54, 1.807) is 13.8 Å². The van der Waals surface area contributed by atoms with Crippen LogP contribution in [0.1, 0.15) is 24.2 Å². The first-order valence-electron chi connectivity index (χ1n) is 5.75. The van der Waals surface area contributed by atoms with Crippen molar-refractivity contribution in [3.05, 3.63) is 28.8 Å². The summed E-state index contributed by atoms with van der Waals surface area (Å²) in [7, 11) is -3.49. The molecule has 0 spiro atoms. The molecule has 106 valence electrons. The van der Waals surface area contributed by atoms with Crippen molar-refractivity contribution in [3.63, 3.8) is 0 Å². The van der Waals surface area contributed by atoms with Gasteiger partial charge >= 0.3 is 5.97 Å². The molecule has 0 atom stereocenters. The van der Waals surface area contributed by atoms with Crippen molar-refractivity contribution in [2.24, 2.45) is 0 Å². The van der Waals surface area contributed by atoms with E-state index in [-0.39, 0.29) is 24.4 Å². The van der Waals surface area contributed by atoms with Gasteiger partial charge in [0.25, 0.3) is 0 Å². The lowest BCUT2D eigenvalue weighted by Crippen LogP contribution is -2.31. The monoisotopic (exact) mass is 305 g/mol. The van der Waals surface area contributed by atoms with Crippen molar-refractivity contribution >= 4 is 33.3 Å². The Morgan fingerprint density at radius 2 is 2.00 bits per heavy atom. The molecule has 0 aliphatic rings. The van der Waals surface area contributed by atoms with E-state index >= 15 is 0 Å². The van der Waals surface area contributed by atoms with Gasteiger partial charge in [-0.1, -0.05) is 11.6 Å². The fourth-order valence-electron chi connectivity index (χ4n) is 1.68. The summed E-state index contributed by atoms with van der Waals surface area (Å²) in [5.41, 5.74) is 0.412. The first-order valence-corrected chi connectivity index (χ1v) is 7.98. The molecule has 0 fully saturated rings. The van der Waals surface area contributed by atoms with Gasteiger partial charge in [-0.15, -0.1) is 0 Å². The van der Waals surface area contributed by atoms with Crippen LogP contribution < -0.4 is 4.31 Å². The lowest BCUT2D eigenvalue weighted by atomic mass is 10.2. The summed E-state index contributed by atoms with van der Waals surface area (Å²) in [5.74, 6) is -0.573. The summed E-state index contributed by atoms with van der Waals surface area (Å²) in [6, 6.07) is 4.43. The van der Waals surface area contributed by atoms with E-state index in [0.717, 1.165) is 10.6 Å². The normalized spacial score (nSPS) is 11.2. The highest BCUT2D eigenvalue weighted by Crippen LogP contribution is 2.27. The molecule has 0 heterocycles. The Morgan fingerprint density at radius 1 is 1.37 bits per heavy atom. The molecule has 0 aliphatic heterocycles. The largest absolute Gasteiger partial charge is 0.462 e. The molecule has 1 aromatic rings. The summed E-state index contributed by atoms with van der Waals surface area (Å²) < 4.78 is 29.5. The Hall–Kier alpha value is -1.27. The summed E-state index contributed by atoms with van der Waals surface area (Å²) in [4.78, 5) is 11.8. The van der Waals surface area contributed by atoms with Crippen LogP contribution in [-0.4, -0.2) is 33.8 Å². The van der Waals surface area contributed by atoms with Crippen LogP contribution in [0.25, 0.3) is 0 Å². The van der Waals surface area contributed by atoms with Crippen LogP contribution in [0.3, 0.4) is 0 Å². The minimum atomic E-state index is -3.49. The molecule has 7 heteroatoms. The average molecular weight is 306 g/mol. The SMILES string of the molecule is CCOC(=O)c1ccc(Cl)cc1N(CC)S(C)(=O)=O. The molecule has 0 radical (unpaired) electrons. The number of rotatable bonds is 5. The highest BCUT2D eigenvalue weighted by molar-refractivity contribution is 7.92. The van der Waals surface area contributed by atoms with Gasteiger partial charge in [-0.3, -0.25) is 4.31 Å². The van der Waals surface area contributed by atoms with E-state index in [2.05, 4.69) is 0 Å². The molecule has 1 aromatic carbocycles. The molecule has 0 aliphatic carbocycles. The molecule has 0 unspecified atom stereocenters. The van der Waals surface area contributed by atoms with Crippen LogP contribution in [0, 0.1) is 0 Å². The standard InChI is InChI=1S/C12H16ClNO4S/c1-4-14(19(3,16)17)11-8-9(13)6-7-10(11)12(15)18-5-2/h6-8H,4-5H2,1-3H3. The minimum absolute atomic E-state index is 0.179. The fourth-order valence-corrected chi connectivity index (χ4v) is 2.82. The van der Waals surface area contributed by atoms with Crippen molar-refractivity contribution in [2.75, 3.05) is 23.7 Å². The van der Waals surface area contributed by atoms with Crippen molar-refractivity contribution in [1.29, 1.82) is 0 Å². The van der Waals surface area contributed by atoms with Crippen LogP contribution >= 0.6 is 11.6 Å². The summed E-state index contributed by atoms with van der Waals surface area (Å²) >= 11 is 5.88. The number of nitrogens with zero attached hydrogens (tertiary/aromatic N) is 1. The lowest BCUT2D eigenvalue weighted by molar-refractivity contribution is 0.0527. The first-order chi connectivity index (χ1) is 8.81. The third-order valence-corrected chi connectivity index (χ3v) is 3.90. The van der Waals surface area contributed by atoms with Crippen molar-refractivity contribution in [1.82, 2.24) is 0 Å². The van der Waals surface area contributed by atoms with Crippen LogP contribution in [-0.2, 0) is 14.8 Å². The Kier molecular flexibility index (Phi) is 5.20. The third-order valence-electron chi connectivity index (χ3n) is 2.41. The molecule has 5 nitrogen and oxygen atoms in total. The molecule has 0 saturated carbocycles. The van der Waals surface area contributed by atoms with E-state index in [4.69, 9.17) is 16.3 Å². The maximum atomic E-state index is 11.8. The van der Waals surface area contributed by atoms with Gasteiger partial charge in [0.15, 0.2) is 0 Å². The second-order valence-electron chi connectivity index (χ2n) is 3.81. The number of ether oxygens (including phenoxy) is 1. The maximum absolute atomic E-state index is 11.8. The molecule has 1 rings (SSSR count). The molecular formula is C12H16ClNO4S. The van der Waals surface area contributed by atoms with Crippen LogP contribution in [0.15, 0.2) is 18.2 Å². The van der Waals surface area contributed by atoms with E-state index in [9.17, 15) is 13.2 Å². The predicted octanol–water partition coefficient (Wildman–Crippen LogP) is 2.30. The van der Waals surface area contributed by atoms with Crippen LogP contribution in [0.5, 0.6) is 0 Å².